The number of carbonyl (C=O) groups excluding carboxylic acids is 2. The number of hydrogen-bond donors (Lipinski definition) is 0. The summed E-state index contributed by atoms with van der Waals surface area (Å²) in [5, 5.41) is 0. The van der Waals surface area contributed by atoms with Crippen LogP contribution in [0.2, 0.25) is 0 Å². The monoisotopic (exact) mass is 337 g/mol. The van der Waals surface area contributed by atoms with E-state index in [1.807, 2.05) is 74.5 Å². The third-order valence-electron chi connectivity index (χ3n) is 3.75. The minimum absolute atomic E-state index is 0.00552. The van der Waals surface area contributed by atoms with Crippen LogP contribution in [0.5, 0.6) is 0 Å². The summed E-state index contributed by atoms with van der Waals surface area (Å²) in [6.45, 7) is 4.21. The van der Waals surface area contributed by atoms with Crippen molar-refractivity contribution in [2.45, 2.75) is 32.9 Å². The molecule has 130 valence electrons. The van der Waals surface area contributed by atoms with Crippen LogP contribution in [-0.4, -0.2) is 16.8 Å². The smallest absolute Gasteiger partial charge is 0.414 e. The molecule has 1 amide bonds. The standard InChI is InChI=1S/C19H17NO3.C2H6/c21-17-11-12-20(18(13-17)16-9-5-2-6-10-16)19(22)23-14-15-7-3-1-4-8-15;1-2/h1-12,18H,13-14H2;1-2H3. The molecule has 2 aromatic rings. The number of carbonyl (C=O) groups is 2. The van der Waals surface area contributed by atoms with E-state index in [9.17, 15) is 9.59 Å². The first kappa shape index (κ1) is 18.5. The summed E-state index contributed by atoms with van der Waals surface area (Å²) >= 11 is 0. The summed E-state index contributed by atoms with van der Waals surface area (Å²) < 4.78 is 5.38. The summed E-state index contributed by atoms with van der Waals surface area (Å²) in [4.78, 5) is 25.6. The van der Waals surface area contributed by atoms with Gasteiger partial charge in [0.1, 0.15) is 6.61 Å². The van der Waals surface area contributed by atoms with Crippen LogP contribution in [-0.2, 0) is 16.1 Å². The Bertz CT molecular complexity index is 710. The number of allylic oxidation sites excluding steroid dienone is 1. The van der Waals surface area contributed by atoms with Crippen LogP contribution in [0.15, 0.2) is 72.9 Å². The van der Waals surface area contributed by atoms with Crippen molar-refractivity contribution in [2.75, 3.05) is 0 Å². The summed E-state index contributed by atoms with van der Waals surface area (Å²) in [5.74, 6) is 0.00552. The van der Waals surface area contributed by atoms with Crippen molar-refractivity contribution in [1.29, 1.82) is 0 Å². The quantitative estimate of drug-likeness (QED) is 0.802. The molecular weight excluding hydrogens is 314 g/mol. The lowest BCUT2D eigenvalue weighted by Gasteiger charge is -2.30. The Kier molecular flexibility index (Phi) is 6.96. The molecule has 0 fully saturated rings. The maximum atomic E-state index is 12.4. The van der Waals surface area contributed by atoms with Crippen LogP contribution in [0.25, 0.3) is 0 Å². The fraction of sp³-hybridized carbons (Fsp3) is 0.238. The number of rotatable bonds is 3. The zero-order valence-electron chi connectivity index (χ0n) is 14.6. The largest absolute Gasteiger partial charge is 0.444 e. The van der Waals surface area contributed by atoms with E-state index in [2.05, 4.69) is 0 Å². The molecule has 25 heavy (non-hydrogen) atoms. The highest BCUT2D eigenvalue weighted by Gasteiger charge is 2.29. The van der Waals surface area contributed by atoms with Gasteiger partial charge in [0.15, 0.2) is 5.78 Å². The van der Waals surface area contributed by atoms with Gasteiger partial charge in [-0.1, -0.05) is 74.5 Å². The minimum Gasteiger partial charge on any atom is -0.444 e. The van der Waals surface area contributed by atoms with E-state index < -0.39 is 6.09 Å². The number of benzene rings is 2. The summed E-state index contributed by atoms with van der Waals surface area (Å²) in [7, 11) is 0. The highest BCUT2D eigenvalue weighted by atomic mass is 16.6. The van der Waals surface area contributed by atoms with Crippen molar-refractivity contribution in [3.63, 3.8) is 0 Å². The highest BCUT2D eigenvalue weighted by Crippen LogP contribution is 2.29. The molecule has 2 aromatic carbocycles. The Labute approximate surface area is 148 Å². The lowest BCUT2D eigenvalue weighted by Crippen LogP contribution is -2.34. The first-order valence-corrected chi connectivity index (χ1v) is 8.49. The van der Waals surface area contributed by atoms with Crippen LogP contribution < -0.4 is 0 Å². The van der Waals surface area contributed by atoms with Gasteiger partial charge in [-0.05, 0) is 17.2 Å². The molecule has 1 aliphatic heterocycles. The van der Waals surface area contributed by atoms with E-state index >= 15 is 0 Å². The van der Waals surface area contributed by atoms with E-state index in [4.69, 9.17) is 4.74 Å². The van der Waals surface area contributed by atoms with Crippen LogP contribution >= 0.6 is 0 Å². The molecule has 0 bridgehead atoms. The van der Waals surface area contributed by atoms with Gasteiger partial charge in [0.05, 0.1) is 6.04 Å². The van der Waals surface area contributed by atoms with Gasteiger partial charge < -0.3 is 4.74 Å². The molecule has 1 unspecified atom stereocenters. The molecule has 0 saturated carbocycles. The molecule has 0 saturated heterocycles. The van der Waals surface area contributed by atoms with Gasteiger partial charge in [-0.3, -0.25) is 9.69 Å². The van der Waals surface area contributed by atoms with E-state index in [0.29, 0.717) is 0 Å². The molecular formula is C21H23NO3. The van der Waals surface area contributed by atoms with Gasteiger partial charge in [-0.15, -0.1) is 0 Å². The molecule has 0 N–H and O–H groups in total. The van der Waals surface area contributed by atoms with Gasteiger partial charge in [-0.25, -0.2) is 4.79 Å². The van der Waals surface area contributed by atoms with Crippen molar-refractivity contribution < 1.29 is 14.3 Å². The number of amides is 1. The fourth-order valence-electron chi connectivity index (χ4n) is 2.56. The Morgan fingerprint density at radius 3 is 2.28 bits per heavy atom. The average Bonchev–Trinajstić information content (AvgIpc) is 2.69. The number of ketones is 1. The van der Waals surface area contributed by atoms with E-state index in [1.165, 1.54) is 17.2 Å². The maximum Gasteiger partial charge on any atom is 0.414 e. The normalized spacial score (nSPS) is 16.0. The second-order valence-corrected chi connectivity index (χ2v) is 5.36. The second-order valence-electron chi connectivity index (χ2n) is 5.36. The zero-order valence-corrected chi connectivity index (χ0v) is 14.6. The lowest BCUT2D eigenvalue weighted by molar-refractivity contribution is -0.116. The topological polar surface area (TPSA) is 46.6 Å². The Hall–Kier alpha value is -2.88. The summed E-state index contributed by atoms with van der Waals surface area (Å²) in [5.41, 5.74) is 1.84. The summed E-state index contributed by atoms with van der Waals surface area (Å²) in [6, 6.07) is 18.7. The SMILES string of the molecule is CC.O=C1C=CN(C(=O)OCc2ccccc2)C(c2ccccc2)C1. The van der Waals surface area contributed by atoms with Crippen molar-refractivity contribution >= 4 is 11.9 Å². The maximum absolute atomic E-state index is 12.4. The molecule has 3 rings (SSSR count). The van der Waals surface area contributed by atoms with Crippen molar-refractivity contribution in [1.82, 2.24) is 4.90 Å². The Morgan fingerprint density at radius 1 is 1.04 bits per heavy atom. The van der Waals surface area contributed by atoms with Crippen molar-refractivity contribution in [2.24, 2.45) is 0 Å². The predicted molar refractivity (Wildman–Crippen MR) is 97.8 cm³/mol. The zero-order chi connectivity index (χ0) is 18.1. The van der Waals surface area contributed by atoms with Gasteiger partial charge in [0.2, 0.25) is 0 Å². The van der Waals surface area contributed by atoms with Crippen LogP contribution in [0, 0.1) is 0 Å². The first-order valence-electron chi connectivity index (χ1n) is 8.49. The van der Waals surface area contributed by atoms with Crippen LogP contribution in [0.3, 0.4) is 0 Å². The third-order valence-corrected chi connectivity index (χ3v) is 3.75. The van der Waals surface area contributed by atoms with Crippen molar-refractivity contribution in [3.05, 3.63) is 84.1 Å². The molecule has 4 heteroatoms. The lowest BCUT2D eigenvalue weighted by atomic mass is 9.98. The molecule has 1 atom stereocenters. The highest BCUT2D eigenvalue weighted by molar-refractivity contribution is 5.92. The van der Waals surface area contributed by atoms with E-state index in [1.54, 1.807) is 0 Å². The molecule has 0 aliphatic carbocycles. The fourth-order valence-corrected chi connectivity index (χ4v) is 2.56. The minimum atomic E-state index is -0.452. The van der Waals surface area contributed by atoms with Gasteiger partial charge >= 0.3 is 6.09 Å². The average molecular weight is 337 g/mol. The van der Waals surface area contributed by atoms with Gasteiger partial charge in [0.25, 0.3) is 0 Å². The second kappa shape index (κ2) is 9.42. The number of hydrogen-bond acceptors (Lipinski definition) is 3. The van der Waals surface area contributed by atoms with Crippen LogP contribution in [0.4, 0.5) is 4.79 Å². The predicted octanol–water partition coefficient (Wildman–Crippen LogP) is 4.88. The molecule has 1 heterocycles. The number of nitrogens with zero attached hydrogens (tertiary/aromatic N) is 1. The third kappa shape index (κ3) is 5.05. The Morgan fingerprint density at radius 2 is 1.64 bits per heavy atom. The van der Waals surface area contributed by atoms with Gasteiger partial charge in [-0.2, -0.15) is 0 Å². The van der Waals surface area contributed by atoms with Crippen molar-refractivity contribution in [3.8, 4) is 0 Å². The number of ether oxygens (including phenoxy) is 1. The molecule has 0 aromatic heterocycles. The molecule has 1 aliphatic rings. The summed E-state index contributed by atoms with van der Waals surface area (Å²) in [6.07, 6.45) is 2.74. The molecule has 0 radical (unpaired) electrons. The van der Waals surface area contributed by atoms with Gasteiger partial charge in [0, 0.05) is 12.6 Å². The molecule has 0 spiro atoms. The molecule has 4 nitrogen and oxygen atoms in total. The first-order chi connectivity index (χ1) is 12.2. The van der Waals surface area contributed by atoms with Crippen LogP contribution in [0.1, 0.15) is 37.4 Å². The van der Waals surface area contributed by atoms with E-state index in [0.717, 1.165) is 11.1 Å². The Balaban J connectivity index is 0.00000109. The van der Waals surface area contributed by atoms with E-state index in [-0.39, 0.29) is 24.9 Å².